The Morgan fingerprint density at radius 1 is 1.12 bits per heavy atom. The number of hydrogen-bond donors (Lipinski definition) is 2. The Hall–Kier alpha value is -3.29. The lowest BCUT2D eigenvalue weighted by atomic mass is 10.2. The first kappa shape index (κ1) is 16.6. The largest absolute Gasteiger partial charge is 0.486 e. The fourth-order valence-electron chi connectivity index (χ4n) is 2.40. The molecule has 2 aromatic carbocycles. The van der Waals surface area contributed by atoms with Gasteiger partial charge in [-0.15, -0.1) is 0 Å². The molecule has 0 aromatic heterocycles. The van der Waals surface area contributed by atoms with E-state index in [1.54, 1.807) is 31.2 Å². The number of nitrogens with one attached hydrogen (secondary N) is 2. The third kappa shape index (κ3) is 3.97. The normalized spacial score (nSPS) is 13.6. The van der Waals surface area contributed by atoms with Crippen LogP contribution in [-0.2, 0) is 4.79 Å². The predicted octanol–water partition coefficient (Wildman–Crippen LogP) is 2.81. The molecule has 2 N–H and O–H groups in total. The van der Waals surface area contributed by atoms with E-state index in [0.29, 0.717) is 36.1 Å². The first-order valence-corrected chi connectivity index (χ1v) is 7.74. The Morgan fingerprint density at radius 3 is 2.64 bits per heavy atom. The lowest BCUT2D eigenvalue weighted by molar-refractivity contribution is -0.384. The van der Waals surface area contributed by atoms with E-state index < -0.39 is 11.0 Å². The number of fused-ring (bicyclic) bond motifs is 1. The van der Waals surface area contributed by atoms with Crippen LogP contribution in [0.25, 0.3) is 0 Å². The second-order valence-corrected chi connectivity index (χ2v) is 5.52. The van der Waals surface area contributed by atoms with Crippen molar-refractivity contribution in [2.45, 2.75) is 13.0 Å². The Morgan fingerprint density at radius 2 is 1.88 bits per heavy atom. The third-order valence-electron chi connectivity index (χ3n) is 3.64. The van der Waals surface area contributed by atoms with Crippen molar-refractivity contribution in [3.8, 4) is 11.5 Å². The minimum Gasteiger partial charge on any atom is -0.486 e. The summed E-state index contributed by atoms with van der Waals surface area (Å²) in [6.45, 7) is 2.70. The molecular weight excluding hydrogens is 326 g/mol. The zero-order valence-corrected chi connectivity index (χ0v) is 13.5. The highest BCUT2D eigenvalue weighted by molar-refractivity contribution is 5.96. The van der Waals surface area contributed by atoms with Crippen LogP contribution in [0.5, 0.6) is 11.5 Å². The number of non-ortho nitro benzene ring substituents is 1. The van der Waals surface area contributed by atoms with Crippen LogP contribution in [0.15, 0.2) is 42.5 Å². The SMILES string of the molecule is C[C@@H](Nc1ccc2c(c1)OCCO2)C(=O)Nc1cccc([N+](=O)[O-])c1. The van der Waals surface area contributed by atoms with Gasteiger partial charge in [-0.2, -0.15) is 0 Å². The van der Waals surface area contributed by atoms with Crippen LogP contribution < -0.4 is 20.1 Å². The molecule has 1 amide bonds. The Kier molecular flexibility index (Phi) is 4.69. The number of nitro benzene ring substituents is 1. The second-order valence-electron chi connectivity index (χ2n) is 5.52. The maximum atomic E-state index is 12.3. The van der Waals surface area contributed by atoms with Crippen LogP contribution in [0.4, 0.5) is 17.1 Å². The first-order chi connectivity index (χ1) is 12.0. The quantitative estimate of drug-likeness (QED) is 0.639. The van der Waals surface area contributed by atoms with Crippen molar-refractivity contribution in [2.24, 2.45) is 0 Å². The van der Waals surface area contributed by atoms with E-state index in [0.717, 1.165) is 0 Å². The van der Waals surface area contributed by atoms with Crippen molar-refractivity contribution >= 4 is 23.0 Å². The average molecular weight is 343 g/mol. The maximum absolute atomic E-state index is 12.3. The molecule has 3 rings (SSSR count). The van der Waals surface area contributed by atoms with Crippen molar-refractivity contribution in [1.29, 1.82) is 0 Å². The smallest absolute Gasteiger partial charge is 0.271 e. The van der Waals surface area contributed by atoms with Gasteiger partial charge in [0.15, 0.2) is 11.5 Å². The van der Waals surface area contributed by atoms with Crippen LogP contribution in [-0.4, -0.2) is 30.1 Å². The summed E-state index contributed by atoms with van der Waals surface area (Å²) >= 11 is 0. The molecule has 8 heteroatoms. The second kappa shape index (κ2) is 7.08. The summed E-state index contributed by atoms with van der Waals surface area (Å²) in [5.41, 5.74) is 1.01. The number of hydrogen-bond acceptors (Lipinski definition) is 6. The van der Waals surface area contributed by atoms with Gasteiger partial charge >= 0.3 is 0 Å². The number of benzene rings is 2. The molecule has 1 heterocycles. The van der Waals surface area contributed by atoms with E-state index in [2.05, 4.69) is 10.6 Å². The zero-order valence-electron chi connectivity index (χ0n) is 13.5. The number of nitrogens with zero attached hydrogens (tertiary/aromatic N) is 1. The molecule has 0 unspecified atom stereocenters. The average Bonchev–Trinajstić information content (AvgIpc) is 2.61. The molecule has 130 valence electrons. The number of carbonyl (C=O) groups is 1. The molecule has 0 aliphatic carbocycles. The molecule has 8 nitrogen and oxygen atoms in total. The number of nitro groups is 1. The van der Waals surface area contributed by atoms with Gasteiger partial charge in [0.1, 0.15) is 19.3 Å². The van der Waals surface area contributed by atoms with E-state index in [-0.39, 0.29) is 11.6 Å². The summed E-state index contributed by atoms with van der Waals surface area (Å²) in [5, 5.41) is 16.5. The predicted molar refractivity (Wildman–Crippen MR) is 92.2 cm³/mol. The van der Waals surface area contributed by atoms with E-state index in [1.807, 2.05) is 0 Å². The highest BCUT2D eigenvalue weighted by Gasteiger charge is 2.17. The van der Waals surface area contributed by atoms with Crippen LogP contribution in [0, 0.1) is 10.1 Å². The van der Waals surface area contributed by atoms with Crippen molar-refractivity contribution in [3.05, 3.63) is 52.6 Å². The van der Waals surface area contributed by atoms with Gasteiger partial charge in [-0.1, -0.05) is 6.07 Å². The van der Waals surface area contributed by atoms with E-state index in [1.165, 1.54) is 18.2 Å². The van der Waals surface area contributed by atoms with Gasteiger partial charge < -0.3 is 20.1 Å². The van der Waals surface area contributed by atoms with Crippen molar-refractivity contribution in [2.75, 3.05) is 23.8 Å². The van der Waals surface area contributed by atoms with Gasteiger partial charge in [0.25, 0.3) is 5.69 Å². The Bertz CT molecular complexity index is 809. The van der Waals surface area contributed by atoms with Gasteiger partial charge in [-0.3, -0.25) is 14.9 Å². The van der Waals surface area contributed by atoms with E-state index >= 15 is 0 Å². The molecule has 0 saturated carbocycles. The summed E-state index contributed by atoms with van der Waals surface area (Å²) in [4.78, 5) is 22.6. The standard InChI is InChI=1S/C17H17N3O5/c1-11(17(21)19-12-3-2-4-14(9-12)20(22)23)18-13-5-6-15-16(10-13)25-8-7-24-15/h2-6,9-11,18H,7-8H2,1H3,(H,19,21)/t11-/m1/s1. The summed E-state index contributed by atoms with van der Waals surface area (Å²) < 4.78 is 11.0. The third-order valence-corrected chi connectivity index (χ3v) is 3.64. The first-order valence-electron chi connectivity index (χ1n) is 7.74. The number of carbonyl (C=O) groups excluding carboxylic acids is 1. The van der Waals surface area contributed by atoms with Gasteiger partial charge in [0, 0.05) is 29.6 Å². The van der Waals surface area contributed by atoms with E-state index in [4.69, 9.17) is 9.47 Å². The minimum atomic E-state index is -0.554. The van der Waals surface area contributed by atoms with Gasteiger partial charge in [0.2, 0.25) is 5.91 Å². The molecule has 25 heavy (non-hydrogen) atoms. The van der Waals surface area contributed by atoms with Crippen LogP contribution in [0.1, 0.15) is 6.92 Å². The van der Waals surface area contributed by atoms with Crippen LogP contribution in [0.2, 0.25) is 0 Å². The molecule has 0 saturated heterocycles. The molecule has 0 spiro atoms. The summed E-state index contributed by atoms with van der Waals surface area (Å²) in [6, 6.07) is 10.6. The molecule has 0 radical (unpaired) electrons. The number of rotatable bonds is 5. The van der Waals surface area contributed by atoms with Crippen molar-refractivity contribution in [3.63, 3.8) is 0 Å². The summed E-state index contributed by atoms with van der Waals surface area (Å²) in [6.07, 6.45) is 0. The lowest BCUT2D eigenvalue weighted by Gasteiger charge is -2.20. The van der Waals surface area contributed by atoms with Gasteiger partial charge in [-0.05, 0) is 25.1 Å². The Labute approximate surface area is 143 Å². The van der Waals surface area contributed by atoms with Crippen LogP contribution >= 0.6 is 0 Å². The maximum Gasteiger partial charge on any atom is 0.271 e. The molecule has 0 bridgehead atoms. The van der Waals surface area contributed by atoms with Gasteiger partial charge in [0.05, 0.1) is 4.92 Å². The highest BCUT2D eigenvalue weighted by atomic mass is 16.6. The molecule has 1 aliphatic rings. The number of ether oxygens (including phenoxy) is 2. The number of anilines is 2. The van der Waals surface area contributed by atoms with E-state index in [9.17, 15) is 14.9 Å². The lowest BCUT2D eigenvalue weighted by Crippen LogP contribution is -2.31. The fourth-order valence-corrected chi connectivity index (χ4v) is 2.40. The monoisotopic (exact) mass is 343 g/mol. The molecule has 1 aliphatic heterocycles. The summed E-state index contributed by atoms with van der Waals surface area (Å²) in [7, 11) is 0. The van der Waals surface area contributed by atoms with Crippen molar-refractivity contribution in [1.82, 2.24) is 0 Å². The van der Waals surface area contributed by atoms with Crippen molar-refractivity contribution < 1.29 is 19.2 Å². The fraction of sp³-hybridized carbons (Fsp3) is 0.235. The Balaban J connectivity index is 1.64. The van der Waals surface area contributed by atoms with Gasteiger partial charge in [-0.25, -0.2) is 0 Å². The molecular formula is C17H17N3O5. The number of amides is 1. The molecule has 1 atom stereocenters. The topological polar surface area (TPSA) is 103 Å². The van der Waals surface area contributed by atoms with Crippen LogP contribution in [0.3, 0.4) is 0 Å². The highest BCUT2D eigenvalue weighted by Crippen LogP contribution is 2.32. The zero-order chi connectivity index (χ0) is 17.8. The minimum absolute atomic E-state index is 0.0785. The molecule has 0 fully saturated rings. The molecule has 2 aromatic rings. The summed E-state index contributed by atoms with van der Waals surface area (Å²) in [5.74, 6) is 0.989.